The molecular formula is C13H10ClIOS. The third-order valence-corrected chi connectivity index (χ3v) is 4.72. The Morgan fingerprint density at radius 2 is 1.71 bits per heavy atom. The van der Waals surface area contributed by atoms with Gasteiger partial charge in [0.15, 0.2) is 0 Å². The van der Waals surface area contributed by atoms with Crippen molar-refractivity contribution in [3.63, 3.8) is 0 Å². The molecule has 0 unspecified atom stereocenters. The molecule has 1 nitrogen and oxygen atoms in total. The third kappa shape index (κ3) is 3.53. The maximum absolute atomic E-state index is 5.99. The zero-order valence-corrected chi connectivity index (χ0v) is 12.8. The van der Waals surface area contributed by atoms with Gasteiger partial charge in [0.2, 0.25) is 0 Å². The van der Waals surface area contributed by atoms with Crippen LogP contribution in [-0.4, -0.2) is 7.11 Å². The van der Waals surface area contributed by atoms with Gasteiger partial charge in [0.25, 0.3) is 0 Å². The van der Waals surface area contributed by atoms with Gasteiger partial charge >= 0.3 is 0 Å². The fourth-order valence-electron chi connectivity index (χ4n) is 1.32. The lowest BCUT2D eigenvalue weighted by Gasteiger charge is -2.04. The number of ether oxygens (including phenoxy) is 1. The molecule has 0 bridgehead atoms. The lowest BCUT2D eigenvalue weighted by Crippen LogP contribution is -1.81. The predicted octanol–water partition coefficient (Wildman–Crippen LogP) is 5.10. The first-order chi connectivity index (χ1) is 8.19. The Morgan fingerprint density at radius 3 is 2.29 bits per heavy atom. The summed E-state index contributed by atoms with van der Waals surface area (Å²) in [6, 6.07) is 14.1. The van der Waals surface area contributed by atoms with Crippen molar-refractivity contribution < 1.29 is 4.74 Å². The number of rotatable bonds is 3. The Hall–Kier alpha value is -0.390. The molecule has 0 aromatic heterocycles. The van der Waals surface area contributed by atoms with Gasteiger partial charge in [-0.2, -0.15) is 0 Å². The molecule has 0 atom stereocenters. The van der Waals surface area contributed by atoms with E-state index in [0.717, 1.165) is 14.3 Å². The lowest BCUT2D eigenvalue weighted by molar-refractivity contribution is 0.414. The van der Waals surface area contributed by atoms with E-state index in [1.807, 2.05) is 36.4 Å². The fraction of sp³-hybridized carbons (Fsp3) is 0.0769. The van der Waals surface area contributed by atoms with Gasteiger partial charge in [0, 0.05) is 13.4 Å². The molecule has 0 fully saturated rings. The molecule has 0 saturated heterocycles. The number of benzene rings is 2. The minimum absolute atomic E-state index is 0.796. The Kier molecular flexibility index (Phi) is 4.59. The second-order valence-electron chi connectivity index (χ2n) is 3.35. The molecule has 88 valence electrons. The SMILES string of the molecule is COc1ccc(Sc2ccc(Cl)c(I)c2)cc1. The minimum atomic E-state index is 0.796. The van der Waals surface area contributed by atoms with Crippen LogP contribution in [0.5, 0.6) is 5.75 Å². The molecular weight excluding hydrogens is 367 g/mol. The van der Waals surface area contributed by atoms with Crippen LogP contribution in [0.4, 0.5) is 0 Å². The lowest BCUT2D eigenvalue weighted by atomic mass is 10.3. The fourth-order valence-corrected chi connectivity index (χ4v) is 3.02. The van der Waals surface area contributed by atoms with Crippen molar-refractivity contribution in [2.75, 3.05) is 7.11 Å². The van der Waals surface area contributed by atoms with Gasteiger partial charge < -0.3 is 4.74 Å². The van der Waals surface area contributed by atoms with E-state index in [4.69, 9.17) is 16.3 Å². The maximum Gasteiger partial charge on any atom is 0.118 e. The summed E-state index contributed by atoms with van der Waals surface area (Å²) >= 11 is 9.94. The zero-order valence-electron chi connectivity index (χ0n) is 9.11. The van der Waals surface area contributed by atoms with Crippen LogP contribution >= 0.6 is 46.0 Å². The Morgan fingerprint density at radius 1 is 1.06 bits per heavy atom. The number of hydrogen-bond acceptors (Lipinski definition) is 2. The second kappa shape index (κ2) is 5.98. The van der Waals surface area contributed by atoms with E-state index >= 15 is 0 Å². The molecule has 0 aliphatic carbocycles. The van der Waals surface area contributed by atoms with Crippen molar-refractivity contribution in [1.82, 2.24) is 0 Å². The first-order valence-corrected chi connectivity index (χ1v) is 7.23. The van der Waals surface area contributed by atoms with Gasteiger partial charge in [-0.05, 0) is 65.1 Å². The van der Waals surface area contributed by atoms with E-state index in [-0.39, 0.29) is 0 Å². The molecule has 0 radical (unpaired) electrons. The van der Waals surface area contributed by atoms with Crippen LogP contribution in [0.3, 0.4) is 0 Å². The van der Waals surface area contributed by atoms with E-state index in [1.54, 1.807) is 18.9 Å². The summed E-state index contributed by atoms with van der Waals surface area (Å²) in [7, 11) is 1.67. The van der Waals surface area contributed by atoms with Crippen LogP contribution in [0.2, 0.25) is 5.02 Å². The highest BCUT2D eigenvalue weighted by molar-refractivity contribution is 14.1. The summed E-state index contributed by atoms with van der Waals surface area (Å²) < 4.78 is 6.20. The summed E-state index contributed by atoms with van der Waals surface area (Å²) in [4.78, 5) is 2.37. The topological polar surface area (TPSA) is 9.23 Å². The molecule has 17 heavy (non-hydrogen) atoms. The molecule has 4 heteroatoms. The quantitative estimate of drug-likeness (QED) is 0.689. The molecule has 0 N–H and O–H groups in total. The first kappa shape index (κ1) is 13.1. The summed E-state index contributed by atoms with van der Waals surface area (Å²) in [6.07, 6.45) is 0. The van der Waals surface area contributed by atoms with Crippen molar-refractivity contribution in [2.24, 2.45) is 0 Å². The third-order valence-electron chi connectivity index (χ3n) is 2.19. The van der Waals surface area contributed by atoms with Gasteiger partial charge in [-0.3, -0.25) is 0 Å². The molecule has 2 aromatic carbocycles. The highest BCUT2D eigenvalue weighted by Crippen LogP contribution is 2.31. The Bertz CT molecular complexity index is 513. The zero-order chi connectivity index (χ0) is 12.3. The highest BCUT2D eigenvalue weighted by Gasteiger charge is 2.01. The molecule has 0 saturated carbocycles. The molecule has 0 aliphatic rings. The van der Waals surface area contributed by atoms with E-state index in [9.17, 15) is 0 Å². The molecule has 0 amide bonds. The average Bonchev–Trinajstić information content (AvgIpc) is 2.35. The van der Waals surface area contributed by atoms with Crippen molar-refractivity contribution >= 4 is 46.0 Å². The first-order valence-electron chi connectivity index (χ1n) is 4.96. The van der Waals surface area contributed by atoms with Crippen LogP contribution in [0, 0.1) is 3.57 Å². The summed E-state index contributed by atoms with van der Waals surface area (Å²) in [5.74, 6) is 0.875. The number of methoxy groups -OCH3 is 1. The van der Waals surface area contributed by atoms with Crippen LogP contribution in [0.25, 0.3) is 0 Å². The van der Waals surface area contributed by atoms with Crippen molar-refractivity contribution in [2.45, 2.75) is 9.79 Å². The van der Waals surface area contributed by atoms with E-state index in [0.29, 0.717) is 0 Å². The smallest absolute Gasteiger partial charge is 0.118 e. The predicted molar refractivity (Wildman–Crippen MR) is 81.3 cm³/mol. The summed E-state index contributed by atoms with van der Waals surface area (Å²) in [5, 5.41) is 0.796. The van der Waals surface area contributed by atoms with Gasteiger partial charge in [-0.15, -0.1) is 0 Å². The number of hydrogen-bond donors (Lipinski definition) is 0. The van der Waals surface area contributed by atoms with E-state index in [2.05, 4.69) is 28.7 Å². The maximum atomic E-state index is 5.99. The van der Waals surface area contributed by atoms with Crippen molar-refractivity contribution in [3.8, 4) is 5.75 Å². The minimum Gasteiger partial charge on any atom is -0.497 e. The summed E-state index contributed by atoms with van der Waals surface area (Å²) in [6.45, 7) is 0. The largest absolute Gasteiger partial charge is 0.497 e. The second-order valence-corrected chi connectivity index (χ2v) is 6.07. The molecule has 0 aliphatic heterocycles. The highest BCUT2D eigenvalue weighted by atomic mass is 127. The normalized spacial score (nSPS) is 10.3. The monoisotopic (exact) mass is 376 g/mol. The molecule has 2 rings (SSSR count). The van der Waals surface area contributed by atoms with Crippen molar-refractivity contribution in [3.05, 3.63) is 51.1 Å². The van der Waals surface area contributed by atoms with E-state index < -0.39 is 0 Å². The summed E-state index contributed by atoms with van der Waals surface area (Å²) in [5.41, 5.74) is 0. The van der Waals surface area contributed by atoms with Crippen LogP contribution in [0.15, 0.2) is 52.3 Å². The van der Waals surface area contributed by atoms with Crippen LogP contribution < -0.4 is 4.74 Å². The van der Waals surface area contributed by atoms with Gasteiger partial charge in [-0.25, -0.2) is 0 Å². The van der Waals surface area contributed by atoms with Crippen LogP contribution in [-0.2, 0) is 0 Å². The van der Waals surface area contributed by atoms with Crippen LogP contribution in [0.1, 0.15) is 0 Å². The van der Waals surface area contributed by atoms with Gasteiger partial charge in [-0.1, -0.05) is 23.4 Å². The number of halogens is 2. The van der Waals surface area contributed by atoms with Gasteiger partial charge in [0.05, 0.1) is 12.1 Å². The average molecular weight is 377 g/mol. The van der Waals surface area contributed by atoms with E-state index in [1.165, 1.54) is 9.79 Å². The Labute approximate surface area is 124 Å². The standard InChI is InChI=1S/C13H10ClIOS/c1-16-9-2-4-10(5-3-9)17-11-6-7-12(14)13(15)8-11/h2-8H,1H3. The molecule has 2 aromatic rings. The van der Waals surface area contributed by atoms with Gasteiger partial charge in [0.1, 0.15) is 5.75 Å². The molecule has 0 spiro atoms. The Balaban J connectivity index is 2.16. The van der Waals surface area contributed by atoms with Crippen molar-refractivity contribution in [1.29, 1.82) is 0 Å². The molecule has 0 heterocycles.